The number of nitrogens with zero attached hydrogens (tertiary/aromatic N) is 1. The van der Waals surface area contributed by atoms with Gasteiger partial charge in [0.1, 0.15) is 17.7 Å². The number of hydrogen-bond donors (Lipinski definition) is 1. The van der Waals surface area contributed by atoms with Gasteiger partial charge in [0.25, 0.3) is 0 Å². The van der Waals surface area contributed by atoms with E-state index in [1.165, 1.54) is 12.1 Å². The Morgan fingerprint density at radius 2 is 1.80 bits per heavy atom. The molecule has 2 nitrogen and oxygen atoms in total. The molecule has 0 heterocycles. The number of hydrogen-bond acceptors (Lipinski definition) is 2. The fraction of sp³-hybridized carbons (Fsp3) is 0.600. The lowest BCUT2D eigenvalue weighted by Gasteiger charge is -2.46. The van der Waals surface area contributed by atoms with E-state index in [0.29, 0.717) is 0 Å². The van der Waals surface area contributed by atoms with Crippen LogP contribution in [-0.4, -0.2) is 29.6 Å². The lowest BCUT2D eigenvalue weighted by atomic mass is 9.74. The molecule has 0 saturated heterocycles. The number of aliphatic hydroxyl groups is 1. The van der Waals surface area contributed by atoms with E-state index in [4.69, 9.17) is 0 Å². The van der Waals surface area contributed by atoms with E-state index < -0.39 is 23.3 Å². The molecule has 1 aromatic carbocycles. The lowest BCUT2D eigenvalue weighted by molar-refractivity contribution is -0.0370. The molecule has 5 heteroatoms. The molecule has 1 unspecified atom stereocenters. The van der Waals surface area contributed by atoms with Crippen molar-refractivity contribution in [2.45, 2.75) is 43.7 Å². The Balaban J connectivity index is 2.48. The van der Waals surface area contributed by atoms with Gasteiger partial charge in [-0.3, -0.25) is 0 Å². The summed E-state index contributed by atoms with van der Waals surface area (Å²) in [7, 11) is 3.73. The Bertz CT molecular complexity index is 487. The standard InChI is InChI=1S/C15H20BrF2NO/c1-19(2)15(8-4-3-5-9-15)14(20)12-11(17)7-6-10(16)13(12)18/h6-7,14,20H,3-5,8-9H2,1-2H3. The Labute approximate surface area is 126 Å². The summed E-state index contributed by atoms with van der Waals surface area (Å²) in [4.78, 5) is 1.91. The molecule has 0 aliphatic heterocycles. The van der Waals surface area contributed by atoms with Crippen LogP contribution in [0.4, 0.5) is 8.78 Å². The van der Waals surface area contributed by atoms with Crippen LogP contribution in [0.3, 0.4) is 0 Å². The zero-order valence-electron chi connectivity index (χ0n) is 11.8. The summed E-state index contributed by atoms with van der Waals surface area (Å²) in [6, 6.07) is 2.52. The SMILES string of the molecule is CN(C)C1(C(O)c2c(F)ccc(Br)c2F)CCCCC1. The highest BCUT2D eigenvalue weighted by molar-refractivity contribution is 9.10. The number of rotatable bonds is 3. The van der Waals surface area contributed by atoms with Crippen LogP contribution in [0.15, 0.2) is 16.6 Å². The maximum atomic E-state index is 14.2. The third kappa shape index (κ3) is 2.63. The molecular formula is C15H20BrF2NO. The zero-order chi connectivity index (χ0) is 14.9. The summed E-state index contributed by atoms with van der Waals surface area (Å²) in [5.41, 5.74) is -0.823. The average Bonchev–Trinajstić information content (AvgIpc) is 2.43. The Kier molecular flexibility index (Phi) is 4.82. The maximum absolute atomic E-state index is 14.2. The fourth-order valence-corrected chi connectivity index (χ4v) is 3.54. The molecule has 1 N–H and O–H groups in total. The molecule has 0 spiro atoms. The van der Waals surface area contributed by atoms with Crippen molar-refractivity contribution in [2.75, 3.05) is 14.1 Å². The first kappa shape index (κ1) is 15.9. The van der Waals surface area contributed by atoms with Gasteiger partial charge in [-0.15, -0.1) is 0 Å². The number of aliphatic hydroxyl groups excluding tert-OH is 1. The molecule has 1 aliphatic rings. The summed E-state index contributed by atoms with van der Waals surface area (Å²) < 4.78 is 28.4. The Morgan fingerprint density at radius 3 is 2.35 bits per heavy atom. The minimum Gasteiger partial charge on any atom is -0.386 e. The van der Waals surface area contributed by atoms with Crippen LogP contribution in [0.25, 0.3) is 0 Å². The number of benzene rings is 1. The van der Waals surface area contributed by atoms with Gasteiger partial charge in [-0.25, -0.2) is 8.78 Å². The van der Waals surface area contributed by atoms with Crippen molar-refractivity contribution < 1.29 is 13.9 Å². The second-order valence-electron chi connectivity index (χ2n) is 5.72. The van der Waals surface area contributed by atoms with E-state index in [-0.39, 0.29) is 10.0 Å². The molecule has 2 rings (SSSR count). The van der Waals surface area contributed by atoms with E-state index in [9.17, 15) is 13.9 Å². The van der Waals surface area contributed by atoms with Crippen molar-refractivity contribution in [3.63, 3.8) is 0 Å². The van der Waals surface area contributed by atoms with Crippen molar-refractivity contribution >= 4 is 15.9 Å². The van der Waals surface area contributed by atoms with Gasteiger partial charge in [0, 0.05) is 0 Å². The monoisotopic (exact) mass is 347 g/mol. The highest BCUT2D eigenvalue weighted by Gasteiger charge is 2.44. The first-order valence-corrected chi connectivity index (χ1v) is 7.68. The Hall–Kier alpha value is -0.520. The van der Waals surface area contributed by atoms with Crippen molar-refractivity contribution in [1.82, 2.24) is 4.90 Å². The van der Waals surface area contributed by atoms with Crippen LogP contribution in [0.5, 0.6) is 0 Å². The molecule has 1 aromatic rings. The predicted molar refractivity (Wildman–Crippen MR) is 78.5 cm³/mol. The van der Waals surface area contributed by atoms with Gasteiger partial charge < -0.3 is 10.0 Å². The third-order valence-corrected chi connectivity index (χ3v) is 5.08. The first-order chi connectivity index (χ1) is 9.40. The van der Waals surface area contributed by atoms with Gasteiger partial charge in [-0.05, 0) is 55.0 Å². The van der Waals surface area contributed by atoms with E-state index in [1.807, 2.05) is 19.0 Å². The van der Waals surface area contributed by atoms with E-state index in [0.717, 1.165) is 32.1 Å². The van der Waals surface area contributed by atoms with Gasteiger partial charge in [0.15, 0.2) is 0 Å². The van der Waals surface area contributed by atoms with Gasteiger partial charge in [-0.2, -0.15) is 0 Å². The fourth-order valence-electron chi connectivity index (χ4n) is 3.19. The second-order valence-corrected chi connectivity index (χ2v) is 6.57. The predicted octanol–water partition coefficient (Wildman–Crippen LogP) is 4.03. The quantitative estimate of drug-likeness (QED) is 0.834. The van der Waals surface area contributed by atoms with Gasteiger partial charge in [0.05, 0.1) is 15.6 Å². The number of likely N-dealkylation sites (N-methyl/N-ethyl adjacent to an activating group) is 1. The molecule has 0 amide bonds. The molecule has 1 saturated carbocycles. The molecule has 20 heavy (non-hydrogen) atoms. The van der Waals surface area contributed by atoms with Crippen LogP contribution < -0.4 is 0 Å². The van der Waals surface area contributed by atoms with E-state index in [2.05, 4.69) is 15.9 Å². The van der Waals surface area contributed by atoms with Crippen molar-refractivity contribution in [3.05, 3.63) is 33.8 Å². The molecule has 1 atom stereocenters. The maximum Gasteiger partial charge on any atom is 0.146 e. The van der Waals surface area contributed by atoms with Crippen molar-refractivity contribution in [1.29, 1.82) is 0 Å². The second kappa shape index (κ2) is 6.08. The number of halogens is 3. The minimum absolute atomic E-state index is 0.178. The highest BCUT2D eigenvalue weighted by Crippen LogP contribution is 2.43. The molecule has 1 aliphatic carbocycles. The molecule has 0 radical (unpaired) electrons. The van der Waals surface area contributed by atoms with Crippen LogP contribution in [0, 0.1) is 11.6 Å². The van der Waals surface area contributed by atoms with Crippen molar-refractivity contribution in [3.8, 4) is 0 Å². The summed E-state index contributed by atoms with van der Waals surface area (Å²) in [5, 5.41) is 10.7. The summed E-state index contributed by atoms with van der Waals surface area (Å²) in [6.45, 7) is 0. The minimum atomic E-state index is -1.17. The van der Waals surface area contributed by atoms with Gasteiger partial charge >= 0.3 is 0 Å². The first-order valence-electron chi connectivity index (χ1n) is 6.89. The van der Waals surface area contributed by atoms with Crippen molar-refractivity contribution in [2.24, 2.45) is 0 Å². The Morgan fingerprint density at radius 1 is 1.20 bits per heavy atom. The molecule has 0 aromatic heterocycles. The lowest BCUT2D eigenvalue weighted by Crippen LogP contribution is -2.51. The van der Waals surface area contributed by atoms with Crippen LogP contribution >= 0.6 is 15.9 Å². The smallest absolute Gasteiger partial charge is 0.146 e. The summed E-state index contributed by atoms with van der Waals surface area (Å²) in [6.07, 6.45) is 3.35. The van der Waals surface area contributed by atoms with Gasteiger partial charge in [-0.1, -0.05) is 19.3 Å². The molecule has 112 valence electrons. The molecule has 0 bridgehead atoms. The topological polar surface area (TPSA) is 23.5 Å². The molecular weight excluding hydrogens is 328 g/mol. The third-order valence-electron chi connectivity index (χ3n) is 4.47. The van der Waals surface area contributed by atoms with E-state index in [1.54, 1.807) is 0 Å². The summed E-state index contributed by atoms with van der Waals surface area (Å²) >= 11 is 3.06. The normalized spacial score (nSPS) is 20.1. The van der Waals surface area contributed by atoms with Crippen LogP contribution in [0.2, 0.25) is 0 Å². The summed E-state index contributed by atoms with van der Waals surface area (Å²) in [5.74, 6) is -1.39. The van der Waals surface area contributed by atoms with Crippen LogP contribution in [-0.2, 0) is 0 Å². The zero-order valence-corrected chi connectivity index (χ0v) is 13.4. The van der Waals surface area contributed by atoms with Gasteiger partial charge in [0.2, 0.25) is 0 Å². The molecule has 1 fully saturated rings. The highest BCUT2D eigenvalue weighted by atomic mass is 79.9. The van der Waals surface area contributed by atoms with Crippen LogP contribution in [0.1, 0.15) is 43.8 Å². The average molecular weight is 348 g/mol. The van der Waals surface area contributed by atoms with E-state index >= 15 is 0 Å². The largest absolute Gasteiger partial charge is 0.386 e.